The largest absolute Gasteiger partial charge is 0.340 e. The smallest absolute Gasteiger partial charge is 0.329 e. The molecule has 0 aliphatic carbocycles. The van der Waals surface area contributed by atoms with Gasteiger partial charge in [0.2, 0.25) is 5.91 Å². The maximum atomic E-state index is 12.5. The van der Waals surface area contributed by atoms with Gasteiger partial charge in [-0.3, -0.25) is 9.59 Å². The average molecular weight is 316 g/mol. The highest BCUT2D eigenvalue weighted by Gasteiger charge is 2.40. The average Bonchev–Trinajstić information content (AvgIpc) is 2.82. The number of anilines is 1. The second-order valence-corrected chi connectivity index (χ2v) is 5.90. The Labute approximate surface area is 134 Å². The number of carbonyl (C=O) groups is 3. The Morgan fingerprint density at radius 3 is 2.43 bits per heavy atom. The number of rotatable bonds is 3. The van der Waals surface area contributed by atoms with Crippen LogP contribution in [-0.2, 0) is 9.59 Å². The highest BCUT2D eigenvalue weighted by Crippen LogP contribution is 2.20. The van der Waals surface area contributed by atoms with Crippen molar-refractivity contribution in [3.8, 4) is 0 Å². The summed E-state index contributed by atoms with van der Waals surface area (Å²) in [6, 6.07) is 7.48. The fourth-order valence-corrected chi connectivity index (χ4v) is 2.85. The molecule has 0 aromatic heterocycles. The molecule has 7 nitrogen and oxygen atoms in total. The van der Waals surface area contributed by atoms with Crippen LogP contribution in [0, 0.1) is 0 Å². The normalized spacial score (nSPS) is 22.4. The molecular weight excluding hydrogens is 296 g/mol. The zero-order valence-corrected chi connectivity index (χ0v) is 13.1. The lowest BCUT2D eigenvalue weighted by molar-refractivity contribution is -0.135. The summed E-state index contributed by atoms with van der Waals surface area (Å²) >= 11 is 0. The van der Waals surface area contributed by atoms with Crippen molar-refractivity contribution in [1.29, 1.82) is 0 Å². The maximum absolute atomic E-state index is 12.5. The van der Waals surface area contributed by atoms with E-state index in [0.717, 1.165) is 18.0 Å². The number of carbonyl (C=O) groups excluding carboxylic acids is 3. The SMILES string of the molecule is CN1CCN(C(=O)C[C@@H]2NC(=O)N(c3ccccc3)C2=O)CC1. The highest BCUT2D eigenvalue weighted by atomic mass is 16.2. The number of urea groups is 1. The van der Waals surface area contributed by atoms with Crippen molar-refractivity contribution in [1.82, 2.24) is 15.1 Å². The van der Waals surface area contributed by atoms with Gasteiger partial charge in [0, 0.05) is 26.2 Å². The molecule has 2 aliphatic heterocycles. The van der Waals surface area contributed by atoms with E-state index in [1.54, 1.807) is 29.2 Å². The van der Waals surface area contributed by atoms with Crippen LogP contribution in [0.5, 0.6) is 0 Å². The van der Waals surface area contributed by atoms with Gasteiger partial charge in [-0.25, -0.2) is 9.69 Å². The topological polar surface area (TPSA) is 73.0 Å². The molecule has 0 saturated carbocycles. The van der Waals surface area contributed by atoms with Crippen LogP contribution in [0.2, 0.25) is 0 Å². The van der Waals surface area contributed by atoms with Crippen LogP contribution in [0.3, 0.4) is 0 Å². The van der Waals surface area contributed by atoms with Crippen molar-refractivity contribution in [3.63, 3.8) is 0 Å². The molecule has 122 valence electrons. The predicted octanol–water partition coefficient (Wildman–Crippen LogP) is 0.275. The summed E-state index contributed by atoms with van der Waals surface area (Å²) in [4.78, 5) is 41.9. The number of piperazine rings is 1. The van der Waals surface area contributed by atoms with Crippen molar-refractivity contribution >= 4 is 23.5 Å². The summed E-state index contributed by atoms with van der Waals surface area (Å²) < 4.78 is 0. The third-order valence-electron chi connectivity index (χ3n) is 4.27. The Morgan fingerprint density at radius 1 is 1.13 bits per heavy atom. The van der Waals surface area contributed by atoms with E-state index in [4.69, 9.17) is 0 Å². The van der Waals surface area contributed by atoms with Crippen molar-refractivity contribution in [2.24, 2.45) is 0 Å². The van der Waals surface area contributed by atoms with E-state index in [9.17, 15) is 14.4 Å². The second-order valence-electron chi connectivity index (χ2n) is 5.90. The van der Waals surface area contributed by atoms with Gasteiger partial charge in [-0.2, -0.15) is 0 Å². The van der Waals surface area contributed by atoms with Gasteiger partial charge in [0.1, 0.15) is 6.04 Å². The van der Waals surface area contributed by atoms with Gasteiger partial charge in [-0.15, -0.1) is 0 Å². The fraction of sp³-hybridized carbons (Fsp3) is 0.438. The molecule has 23 heavy (non-hydrogen) atoms. The van der Waals surface area contributed by atoms with Crippen LogP contribution < -0.4 is 10.2 Å². The van der Waals surface area contributed by atoms with Crippen LogP contribution in [-0.4, -0.2) is 66.9 Å². The van der Waals surface area contributed by atoms with Gasteiger partial charge >= 0.3 is 6.03 Å². The van der Waals surface area contributed by atoms with E-state index in [1.165, 1.54) is 0 Å². The van der Waals surface area contributed by atoms with Gasteiger partial charge in [0.05, 0.1) is 12.1 Å². The van der Waals surface area contributed by atoms with Gasteiger partial charge < -0.3 is 15.1 Å². The number of hydrogen-bond acceptors (Lipinski definition) is 4. The third-order valence-corrected chi connectivity index (χ3v) is 4.27. The molecule has 0 unspecified atom stereocenters. The van der Waals surface area contributed by atoms with Gasteiger partial charge in [-0.05, 0) is 19.2 Å². The Kier molecular flexibility index (Phi) is 4.29. The van der Waals surface area contributed by atoms with E-state index in [0.29, 0.717) is 18.8 Å². The number of amides is 4. The minimum Gasteiger partial charge on any atom is -0.340 e. The van der Waals surface area contributed by atoms with Crippen LogP contribution in [0.25, 0.3) is 0 Å². The molecule has 1 atom stereocenters. The number of imide groups is 1. The number of likely N-dealkylation sites (N-methyl/N-ethyl adjacent to an activating group) is 1. The molecule has 1 aromatic rings. The van der Waals surface area contributed by atoms with E-state index in [-0.39, 0.29) is 18.2 Å². The predicted molar refractivity (Wildman–Crippen MR) is 84.9 cm³/mol. The maximum Gasteiger partial charge on any atom is 0.329 e. The monoisotopic (exact) mass is 316 g/mol. The number of nitrogens with one attached hydrogen (secondary N) is 1. The van der Waals surface area contributed by atoms with E-state index >= 15 is 0 Å². The first-order valence-corrected chi connectivity index (χ1v) is 7.72. The molecule has 2 aliphatic rings. The molecule has 2 saturated heterocycles. The number of para-hydroxylation sites is 1. The van der Waals surface area contributed by atoms with E-state index in [2.05, 4.69) is 10.2 Å². The Hall–Kier alpha value is -2.41. The first kappa shape index (κ1) is 15.5. The first-order chi connectivity index (χ1) is 11.1. The molecule has 2 heterocycles. The summed E-state index contributed by atoms with van der Waals surface area (Å²) in [6.07, 6.45) is 0.0115. The lowest BCUT2D eigenvalue weighted by Gasteiger charge is -2.32. The minimum atomic E-state index is -0.783. The first-order valence-electron chi connectivity index (χ1n) is 7.72. The summed E-state index contributed by atoms with van der Waals surface area (Å²) in [7, 11) is 2.01. The van der Waals surface area contributed by atoms with Crippen LogP contribution in [0.1, 0.15) is 6.42 Å². The summed E-state index contributed by atoms with van der Waals surface area (Å²) in [5.41, 5.74) is 0.518. The molecule has 0 spiro atoms. The fourth-order valence-electron chi connectivity index (χ4n) is 2.85. The molecule has 0 bridgehead atoms. The molecule has 1 aromatic carbocycles. The van der Waals surface area contributed by atoms with E-state index in [1.807, 2.05) is 13.1 Å². The molecule has 4 amide bonds. The molecule has 2 fully saturated rings. The number of benzene rings is 1. The lowest BCUT2D eigenvalue weighted by Crippen LogP contribution is -2.48. The Bertz CT molecular complexity index is 611. The Morgan fingerprint density at radius 2 is 1.78 bits per heavy atom. The molecular formula is C16H20N4O3. The van der Waals surface area contributed by atoms with Crippen molar-refractivity contribution in [2.75, 3.05) is 38.1 Å². The summed E-state index contributed by atoms with van der Waals surface area (Å²) in [6.45, 7) is 2.97. The van der Waals surface area contributed by atoms with Crippen molar-refractivity contribution < 1.29 is 14.4 Å². The third kappa shape index (κ3) is 3.19. The zero-order chi connectivity index (χ0) is 16.4. The van der Waals surface area contributed by atoms with Crippen LogP contribution in [0.4, 0.5) is 10.5 Å². The molecule has 7 heteroatoms. The zero-order valence-electron chi connectivity index (χ0n) is 13.1. The summed E-state index contributed by atoms with van der Waals surface area (Å²) in [5.74, 6) is -0.463. The highest BCUT2D eigenvalue weighted by molar-refractivity contribution is 6.22. The quantitative estimate of drug-likeness (QED) is 0.813. The second kappa shape index (κ2) is 6.37. The molecule has 1 N–H and O–H groups in total. The summed E-state index contributed by atoms with van der Waals surface area (Å²) in [5, 5.41) is 2.61. The number of nitrogens with zero attached hydrogens (tertiary/aromatic N) is 3. The molecule has 0 radical (unpaired) electrons. The van der Waals surface area contributed by atoms with Gasteiger partial charge in [0.15, 0.2) is 0 Å². The van der Waals surface area contributed by atoms with Crippen molar-refractivity contribution in [3.05, 3.63) is 30.3 Å². The van der Waals surface area contributed by atoms with Gasteiger partial charge in [-0.1, -0.05) is 18.2 Å². The van der Waals surface area contributed by atoms with Crippen molar-refractivity contribution in [2.45, 2.75) is 12.5 Å². The van der Waals surface area contributed by atoms with E-state index < -0.39 is 12.1 Å². The minimum absolute atomic E-state index is 0.0115. The lowest BCUT2D eigenvalue weighted by atomic mass is 10.1. The van der Waals surface area contributed by atoms with Gasteiger partial charge in [0.25, 0.3) is 5.91 Å². The Balaban J connectivity index is 1.64. The standard InChI is InChI=1S/C16H20N4O3/c1-18-7-9-19(10-8-18)14(21)11-13-15(22)20(16(23)17-13)12-5-3-2-4-6-12/h2-6,13H,7-11H2,1H3,(H,17,23)/t13-/m0/s1. The number of hydrogen-bond donors (Lipinski definition) is 1. The molecule has 3 rings (SSSR count). The van der Waals surface area contributed by atoms with Crippen LogP contribution >= 0.6 is 0 Å². The van der Waals surface area contributed by atoms with Crippen LogP contribution in [0.15, 0.2) is 30.3 Å².